The van der Waals surface area contributed by atoms with Crippen molar-refractivity contribution in [3.8, 4) is 0 Å². The summed E-state index contributed by atoms with van der Waals surface area (Å²) in [5, 5.41) is 2.81. The van der Waals surface area contributed by atoms with Crippen LogP contribution < -0.4 is 11.1 Å². The van der Waals surface area contributed by atoms with Crippen molar-refractivity contribution in [2.24, 2.45) is 5.73 Å². The monoisotopic (exact) mass is 221 g/mol. The van der Waals surface area contributed by atoms with Crippen molar-refractivity contribution in [1.82, 2.24) is 10.3 Å². The van der Waals surface area contributed by atoms with Gasteiger partial charge in [-0.1, -0.05) is 19.9 Å². The largest absolute Gasteiger partial charge is 0.349 e. The van der Waals surface area contributed by atoms with E-state index in [9.17, 15) is 4.79 Å². The lowest BCUT2D eigenvalue weighted by atomic mass is 9.93. The van der Waals surface area contributed by atoms with Gasteiger partial charge >= 0.3 is 0 Å². The van der Waals surface area contributed by atoms with Crippen LogP contribution in [0.2, 0.25) is 0 Å². The molecule has 16 heavy (non-hydrogen) atoms. The van der Waals surface area contributed by atoms with Crippen molar-refractivity contribution in [3.63, 3.8) is 0 Å². The van der Waals surface area contributed by atoms with Crippen LogP contribution in [0.4, 0.5) is 0 Å². The molecule has 0 saturated heterocycles. The van der Waals surface area contributed by atoms with Crippen molar-refractivity contribution in [3.05, 3.63) is 30.1 Å². The number of carbonyl (C=O) groups excluding carboxylic acids is 1. The van der Waals surface area contributed by atoms with Gasteiger partial charge in [-0.3, -0.25) is 9.78 Å². The molecule has 1 rings (SSSR count). The fourth-order valence-corrected chi connectivity index (χ4v) is 1.42. The van der Waals surface area contributed by atoms with Gasteiger partial charge in [-0.2, -0.15) is 0 Å². The van der Waals surface area contributed by atoms with Crippen LogP contribution in [0.25, 0.3) is 0 Å². The molecule has 0 aliphatic rings. The zero-order valence-electron chi connectivity index (χ0n) is 9.86. The van der Waals surface area contributed by atoms with Gasteiger partial charge in [0.2, 0.25) is 5.91 Å². The minimum absolute atomic E-state index is 0.108. The quantitative estimate of drug-likeness (QED) is 0.785. The van der Waals surface area contributed by atoms with Crippen molar-refractivity contribution in [1.29, 1.82) is 0 Å². The maximum Gasteiger partial charge on any atom is 0.240 e. The molecule has 1 amide bonds. The lowest BCUT2D eigenvalue weighted by molar-refractivity contribution is -0.126. The third kappa shape index (κ3) is 3.03. The molecular weight excluding hydrogens is 202 g/mol. The molecule has 1 aromatic heterocycles. The Hall–Kier alpha value is -1.42. The Balaban J connectivity index is 2.53. The van der Waals surface area contributed by atoms with E-state index in [2.05, 4.69) is 10.3 Å². The van der Waals surface area contributed by atoms with Gasteiger partial charge in [0.1, 0.15) is 0 Å². The second-order valence-corrected chi connectivity index (χ2v) is 3.87. The Morgan fingerprint density at radius 2 is 2.12 bits per heavy atom. The molecule has 4 heteroatoms. The molecule has 0 aliphatic heterocycles. The third-order valence-corrected chi connectivity index (χ3v) is 2.87. The Bertz CT molecular complexity index is 333. The molecule has 0 fully saturated rings. The summed E-state index contributed by atoms with van der Waals surface area (Å²) in [6.45, 7) is 4.27. The van der Waals surface area contributed by atoms with Gasteiger partial charge in [-0.25, -0.2) is 0 Å². The topological polar surface area (TPSA) is 68.0 Å². The fourth-order valence-electron chi connectivity index (χ4n) is 1.42. The number of nitrogens with zero attached hydrogens (tertiary/aromatic N) is 1. The van der Waals surface area contributed by atoms with Gasteiger partial charge < -0.3 is 11.1 Å². The summed E-state index contributed by atoms with van der Waals surface area (Å²) in [5.74, 6) is -0.108. The van der Waals surface area contributed by atoms with Crippen LogP contribution in [0.5, 0.6) is 0 Å². The van der Waals surface area contributed by atoms with Crippen molar-refractivity contribution < 1.29 is 4.79 Å². The molecule has 3 N–H and O–H groups in total. The highest BCUT2D eigenvalue weighted by molar-refractivity contribution is 5.85. The third-order valence-electron chi connectivity index (χ3n) is 2.87. The second-order valence-electron chi connectivity index (χ2n) is 3.87. The van der Waals surface area contributed by atoms with Crippen LogP contribution in [0.1, 0.15) is 32.4 Å². The summed E-state index contributed by atoms with van der Waals surface area (Å²) >= 11 is 0. The highest BCUT2D eigenvalue weighted by atomic mass is 16.2. The highest BCUT2D eigenvalue weighted by Crippen LogP contribution is 2.11. The number of nitrogens with two attached hydrogens (primary N) is 1. The Labute approximate surface area is 96.3 Å². The zero-order valence-corrected chi connectivity index (χ0v) is 9.86. The van der Waals surface area contributed by atoms with Crippen LogP contribution in [-0.2, 0) is 11.3 Å². The van der Waals surface area contributed by atoms with Crippen LogP contribution >= 0.6 is 0 Å². The van der Waals surface area contributed by atoms with E-state index in [1.165, 1.54) is 0 Å². The molecule has 0 aliphatic carbocycles. The summed E-state index contributed by atoms with van der Waals surface area (Å²) in [4.78, 5) is 16.0. The first kappa shape index (κ1) is 12.6. The van der Waals surface area contributed by atoms with Gasteiger partial charge in [0, 0.05) is 6.20 Å². The molecule has 0 radical (unpaired) electrons. The molecule has 0 unspecified atom stereocenters. The lowest BCUT2D eigenvalue weighted by Crippen LogP contribution is -2.52. The van der Waals surface area contributed by atoms with E-state index < -0.39 is 5.54 Å². The van der Waals surface area contributed by atoms with E-state index in [0.717, 1.165) is 5.69 Å². The standard InChI is InChI=1S/C12H19N3O/c1-3-12(13,4-2)11(16)15-9-10-7-5-6-8-14-10/h5-8H,3-4,9,13H2,1-2H3,(H,15,16). The Morgan fingerprint density at radius 3 is 2.62 bits per heavy atom. The van der Waals surface area contributed by atoms with Crippen LogP contribution in [0, 0.1) is 0 Å². The van der Waals surface area contributed by atoms with E-state index in [4.69, 9.17) is 5.73 Å². The maximum absolute atomic E-state index is 11.8. The fraction of sp³-hybridized carbons (Fsp3) is 0.500. The highest BCUT2D eigenvalue weighted by Gasteiger charge is 2.29. The minimum atomic E-state index is -0.755. The second kappa shape index (κ2) is 5.61. The predicted molar refractivity (Wildman–Crippen MR) is 63.6 cm³/mol. The SMILES string of the molecule is CCC(N)(CC)C(=O)NCc1ccccn1. The smallest absolute Gasteiger partial charge is 0.240 e. The average Bonchev–Trinajstić information content (AvgIpc) is 2.36. The van der Waals surface area contributed by atoms with E-state index in [1.807, 2.05) is 32.0 Å². The van der Waals surface area contributed by atoms with E-state index in [1.54, 1.807) is 6.20 Å². The number of carbonyl (C=O) groups is 1. The summed E-state index contributed by atoms with van der Waals surface area (Å²) in [5.41, 5.74) is 6.05. The maximum atomic E-state index is 11.8. The summed E-state index contributed by atoms with van der Waals surface area (Å²) < 4.78 is 0. The van der Waals surface area contributed by atoms with Gasteiger partial charge in [-0.15, -0.1) is 0 Å². The first-order valence-electron chi connectivity index (χ1n) is 5.59. The molecule has 1 aromatic rings. The average molecular weight is 221 g/mol. The normalized spacial score (nSPS) is 11.2. The molecule has 0 bridgehead atoms. The lowest BCUT2D eigenvalue weighted by Gasteiger charge is -2.25. The number of amides is 1. The minimum Gasteiger partial charge on any atom is -0.349 e. The zero-order chi connectivity index (χ0) is 12.0. The van der Waals surface area contributed by atoms with Gasteiger partial charge in [-0.05, 0) is 25.0 Å². The van der Waals surface area contributed by atoms with Crippen LogP contribution in [0.3, 0.4) is 0 Å². The van der Waals surface area contributed by atoms with E-state index in [0.29, 0.717) is 19.4 Å². The molecule has 0 saturated carbocycles. The predicted octanol–water partition coefficient (Wildman–Crippen LogP) is 1.22. The number of nitrogens with one attached hydrogen (secondary N) is 1. The Morgan fingerprint density at radius 1 is 1.44 bits per heavy atom. The molecular formula is C12H19N3O. The number of hydrogen-bond donors (Lipinski definition) is 2. The molecule has 0 aromatic carbocycles. The molecule has 4 nitrogen and oxygen atoms in total. The van der Waals surface area contributed by atoms with E-state index >= 15 is 0 Å². The van der Waals surface area contributed by atoms with Crippen molar-refractivity contribution in [2.45, 2.75) is 38.8 Å². The van der Waals surface area contributed by atoms with Crippen LogP contribution in [0.15, 0.2) is 24.4 Å². The first-order chi connectivity index (χ1) is 7.62. The van der Waals surface area contributed by atoms with Gasteiger partial charge in [0.25, 0.3) is 0 Å². The summed E-state index contributed by atoms with van der Waals surface area (Å²) in [6.07, 6.45) is 2.98. The number of hydrogen-bond acceptors (Lipinski definition) is 3. The van der Waals surface area contributed by atoms with E-state index in [-0.39, 0.29) is 5.91 Å². The van der Waals surface area contributed by atoms with Crippen LogP contribution in [-0.4, -0.2) is 16.4 Å². The molecule has 88 valence electrons. The van der Waals surface area contributed by atoms with Gasteiger partial charge in [0.05, 0.1) is 17.8 Å². The Kier molecular flexibility index (Phi) is 4.43. The molecule has 0 atom stereocenters. The van der Waals surface area contributed by atoms with Gasteiger partial charge in [0.15, 0.2) is 0 Å². The van der Waals surface area contributed by atoms with Crippen molar-refractivity contribution >= 4 is 5.91 Å². The number of rotatable bonds is 5. The molecule has 1 heterocycles. The van der Waals surface area contributed by atoms with Crippen molar-refractivity contribution in [2.75, 3.05) is 0 Å². The first-order valence-corrected chi connectivity index (χ1v) is 5.59. The molecule has 0 spiro atoms. The summed E-state index contributed by atoms with van der Waals surface area (Å²) in [6, 6.07) is 5.61. The number of pyridine rings is 1. The number of aromatic nitrogens is 1. The summed E-state index contributed by atoms with van der Waals surface area (Å²) in [7, 11) is 0.